The Morgan fingerprint density at radius 2 is 2.03 bits per heavy atom. The van der Waals surface area contributed by atoms with Crippen molar-refractivity contribution in [2.45, 2.75) is 32.3 Å². The molecule has 30 heavy (non-hydrogen) atoms. The maximum absolute atomic E-state index is 12.2. The second-order valence-corrected chi connectivity index (χ2v) is 8.18. The van der Waals surface area contributed by atoms with Crippen LogP contribution in [0, 0.1) is 6.92 Å². The second-order valence-electron chi connectivity index (χ2n) is 7.17. The van der Waals surface area contributed by atoms with Crippen LogP contribution >= 0.6 is 11.3 Å². The zero-order valence-electron chi connectivity index (χ0n) is 16.9. The number of hydrogen-bond acceptors (Lipinski definition) is 6. The van der Waals surface area contributed by atoms with Crippen LogP contribution in [0.1, 0.15) is 40.5 Å². The Morgan fingerprint density at radius 1 is 1.20 bits per heavy atom. The van der Waals surface area contributed by atoms with Crippen LogP contribution in [0.3, 0.4) is 0 Å². The van der Waals surface area contributed by atoms with E-state index in [-0.39, 0.29) is 5.91 Å². The van der Waals surface area contributed by atoms with Gasteiger partial charge in [-0.3, -0.25) is 10.1 Å². The highest BCUT2D eigenvalue weighted by Crippen LogP contribution is 2.42. The molecular weight excluding hydrogens is 398 g/mol. The molecule has 0 spiro atoms. The van der Waals surface area contributed by atoms with Crippen molar-refractivity contribution in [3.8, 4) is 11.5 Å². The van der Waals surface area contributed by atoms with Crippen molar-refractivity contribution < 1.29 is 14.3 Å². The first-order valence-corrected chi connectivity index (χ1v) is 10.6. The van der Waals surface area contributed by atoms with E-state index in [9.17, 15) is 4.79 Å². The Morgan fingerprint density at radius 3 is 2.80 bits per heavy atom. The second kappa shape index (κ2) is 9.09. The summed E-state index contributed by atoms with van der Waals surface area (Å²) in [6.07, 6.45) is 5.52. The molecule has 1 aliphatic rings. The van der Waals surface area contributed by atoms with Gasteiger partial charge in [0.25, 0.3) is 0 Å². The highest BCUT2D eigenvalue weighted by atomic mass is 32.1. The predicted octanol–water partition coefficient (Wildman–Crippen LogP) is 4.96. The zero-order valence-corrected chi connectivity index (χ0v) is 17.7. The van der Waals surface area contributed by atoms with Crippen LogP contribution in [0.25, 0.3) is 6.08 Å². The maximum atomic E-state index is 12.2. The number of aromatic nitrogens is 2. The van der Waals surface area contributed by atoms with E-state index in [1.165, 1.54) is 23.0 Å². The quantitative estimate of drug-likeness (QED) is 0.520. The minimum Gasteiger partial charge on any atom is -0.493 e. The minimum absolute atomic E-state index is 0.243. The maximum Gasteiger partial charge on any atom is 0.250 e. The van der Waals surface area contributed by atoms with Crippen molar-refractivity contribution in [2.24, 2.45) is 0 Å². The van der Waals surface area contributed by atoms with Crippen molar-refractivity contribution in [3.05, 3.63) is 70.2 Å². The number of hydrogen-bond donors (Lipinski definition) is 1. The van der Waals surface area contributed by atoms with Crippen LogP contribution in [0.15, 0.2) is 48.5 Å². The topological polar surface area (TPSA) is 73.3 Å². The molecule has 1 N–H and O–H groups in total. The van der Waals surface area contributed by atoms with Gasteiger partial charge in [0.1, 0.15) is 11.6 Å². The molecule has 154 valence electrons. The molecule has 6 nitrogen and oxygen atoms in total. The summed E-state index contributed by atoms with van der Waals surface area (Å²) in [6.45, 7) is 2.52. The number of carbonyl (C=O) groups is 1. The summed E-state index contributed by atoms with van der Waals surface area (Å²) >= 11 is 1.44. The number of anilines is 1. The summed E-state index contributed by atoms with van der Waals surface area (Å²) in [5, 5.41) is 12.4. The summed E-state index contributed by atoms with van der Waals surface area (Å²) in [5.74, 6) is 1.56. The molecule has 0 aliphatic heterocycles. The molecule has 1 aromatic heterocycles. The van der Waals surface area contributed by atoms with Crippen LogP contribution in [0.5, 0.6) is 11.5 Å². The fraction of sp³-hybridized carbons (Fsp3) is 0.261. The zero-order chi connectivity index (χ0) is 20.9. The molecule has 1 heterocycles. The fourth-order valence-electron chi connectivity index (χ4n) is 2.93. The third-order valence-electron chi connectivity index (χ3n) is 4.86. The highest BCUT2D eigenvalue weighted by Gasteiger charge is 2.27. The molecule has 1 aliphatic carbocycles. The molecule has 1 fully saturated rings. The van der Waals surface area contributed by atoms with Gasteiger partial charge in [-0.1, -0.05) is 41.7 Å². The largest absolute Gasteiger partial charge is 0.493 e. The van der Waals surface area contributed by atoms with E-state index in [1.54, 1.807) is 13.2 Å². The van der Waals surface area contributed by atoms with Crippen LogP contribution in [-0.4, -0.2) is 23.2 Å². The lowest BCUT2D eigenvalue weighted by Crippen LogP contribution is -2.07. The van der Waals surface area contributed by atoms with E-state index in [1.807, 2.05) is 36.4 Å². The molecule has 0 bridgehead atoms. The summed E-state index contributed by atoms with van der Waals surface area (Å²) in [6, 6.07) is 13.7. The predicted molar refractivity (Wildman–Crippen MR) is 118 cm³/mol. The van der Waals surface area contributed by atoms with E-state index in [2.05, 4.69) is 28.5 Å². The Labute approximate surface area is 179 Å². The molecule has 1 saturated carbocycles. The third-order valence-corrected chi connectivity index (χ3v) is 5.86. The van der Waals surface area contributed by atoms with Gasteiger partial charge in [-0.05, 0) is 54.7 Å². The number of carbonyl (C=O) groups excluding carboxylic acids is 1. The molecule has 2 aromatic carbocycles. The van der Waals surface area contributed by atoms with Gasteiger partial charge < -0.3 is 9.47 Å². The number of nitrogens with one attached hydrogen (secondary N) is 1. The normalized spacial score (nSPS) is 13.4. The molecule has 0 saturated heterocycles. The lowest BCUT2D eigenvalue weighted by atomic mass is 10.1. The number of benzene rings is 2. The van der Waals surface area contributed by atoms with Gasteiger partial charge in [-0.25, -0.2) is 0 Å². The van der Waals surface area contributed by atoms with Crippen molar-refractivity contribution >= 4 is 28.5 Å². The van der Waals surface area contributed by atoms with Crippen molar-refractivity contribution in [2.75, 3.05) is 12.4 Å². The first-order valence-electron chi connectivity index (χ1n) is 9.80. The van der Waals surface area contributed by atoms with E-state index >= 15 is 0 Å². The Hall–Kier alpha value is -3.19. The average molecular weight is 422 g/mol. The minimum atomic E-state index is -0.243. The van der Waals surface area contributed by atoms with Gasteiger partial charge in [-0.15, -0.1) is 10.2 Å². The molecule has 3 aromatic rings. The standard InChI is InChI=1S/C23H23N3O3S/c1-15-5-3-4-6-18(15)14-29-19-11-7-16(13-20(19)28-2)8-12-21(27)24-23-26-25-22(30-23)17-9-10-17/h3-8,11-13,17H,9-10,14H2,1-2H3,(H,24,26,27)/b12-8+. The lowest BCUT2D eigenvalue weighted by Gasteiger charge is -2.12. The van der Waals surface area contributed by atoms with Crippen LogP contribution in [0.2, 0.25) is 0 Å². The van der Waals surface area contributed by atoms with E-state index < -0.39 is 0 Å². The number of amides is 1. The van der Waals surface area contributed by atoms with Crippen molar-refractivity contribution in [1.82, 2.24) is 10.2 Å². The Balaban J connectivity index is 1.37. The number of methoxy groups -OCH3 is 1. The van der Waals surface area contributed by atoms with Crippen LogP contribution in [0.4, 0.5) is 5.13 Å². The van der Waals surface area contributed by atoms with Crippen LogP contribution < -0.4 is 14.8 Å². The number of aryl methyl sites for hydroxylation is 1. The van der Waals surface area contributed by atoms with Crippen molar-refractivity contribution in [3.63, 3.8) is 0 Å². The average Bonchev–Trinajstić information content (AvgIpc) is 3.51. The van der Waals surface area contributed by atoms with E-state index in [0.717, 1.165) is 29.0 Å². The van der Waals surface area contributed by atoms with Crippen LogP contribution in [-0.2, 0) is 11.4 Å². The SMILES string of the molecule is COc1cc(/C=C/C(=O)Nc2nnc(C3CC3)s2)ccc1OCc1ccccc1C. The number of rotatable bonds is 8. The van der Waals surface area contributed by atoms with Gasteiger partial charge in [0.05, 0.1) is 7.11 Å². The Kier molecular flexibility index (Phi) is 6.09. The third kappa shape index (κ3) is 5.04. The highest BCUT2D eigenvalue weighted by molar-refractivity contribution is 7.15. The number of ether oxygens (including phenoxy) is 2. The van der Waals surface area contributed by atoms with E-state index in [0.29, 0.717) is 29.2 Å². The molecule has 1 amide bonds. The molecule has 0 radical (unpaired) electrons. The lowest BCUT2D eigenvalue weighted by molar-refractivity contribution is -0.111. The van der Waals surface area contributed by atoms with Gasteiger partial charge in [0.15, 0.2) is 11.5 Å². The molecular formula is C23H23N3O3S. The molecule has 4 rings (SSSR count). The molecule has 0 unspecified atom stereocenters. The van der Waals surface area contributed by atoms with Gasteiger partial charge >= 0.3 is 0 Å². The summed E-state index contributed by atoms with van der Waals surface area (Å²) in [4.78, 5) is 12.2. The monoisotopic (exact) mass is 421 g/mol. The summed E-state index contributed by atoms with van der Waals surface area (Å²) in [7, 11) is 1.60. The molecule has 0 atom stereocenters. The Bertz CT molecular complexity index is 1070. The van der Waals surface area contributed by atoms with Crippen molar-refractivity contribution in [1.29, 1.82) is 0 Å². The summed E-state index contributed by atoms with van der Waals surface area (Å²) in [5.41, 5.74) is 3.14. The van der Waals surface area contributed by atoms with E-state index in [4.69, 9.17) is 9.47 Å². The summed E-state index contributed by atoms with van der Waals surface area (Å²) < 4.78 is 11.4. The smallest absolute Gasteiger partial charge is 0.250 e. The van der Waals surface area contributed by atoms with Gasteiger partial charge in [0, 0.05) is 12.0 Å². The van der Waals surface area contributed by atoms with Gasteiger partial charge in [-0.2, -0.15) is 0 Å². The fourth-order valence-corrected chi connectivity index (χ4v) is 3.85. The number of nitrogens with zero attached hydrogens (tertiary/aromatic N) is 2. The first-order chi connectivity index (χ1) is 14.6. The first kappa shape index (κ1) is 20.1. The van der Waals surface area contributed by atoms with Gasteiger partial charge in [0.2, 0.25) is 11.0 Å². The molecule has 7 heteroatoms.